The smallest absolute Gasteiger partial charge is 0.226 e. The van der Waals surface area contributed by atoms with Crippen molar-refractivity contribution in [2.24, 2.45) is 5.41 Å². The summed E-state index contributed by atoms with van der Waals surface area (Å²) in [6.07, 6.45) is 8.51. The van der Waals surface area contributed by atoms with E-state index in [1.165, 1.54) is 12.8 Å². The summed E-state index contributed by atoms with van der Waals surface area (Å²) >= 11 is 0. The van der Waals surface area contributed by atoms with Crippen LogP contribution in [0.5, 0.6) is 5.75 Å². The maximum absolute atomic E-state index is 13.6. The first kappa shape index (κ1) is 26.5. The standard InChI is InChI=1S/C30H42N2O4/c1-36-26-15-13-25(14-16-26)32(24-11-5-6-12-24)22-28(34)27(21-23-9-3-2-4-10-23)31-29(35)30(19-20-33)17-7-8-18-30/h2-4,9-10,13-16,24,27-28,33-34H,5-8,11-12,17-22H2,1H3,(H,31,35)/t27-,28?/m0/s1. The first-order valence-corrected chi connectivity index (χ1v) is 13.6. The Morgan fingerprint density at radius 1 is 1.06 bits per heavy atom. The molecule has 1 amide bonds. The third-order valence-electron chi connectivity index (χ3n) is 8.27. The zero-order chi connectivity index (χ0) is 25.4. The zero-order valence-corrected chi connectivity index (χ0v) is 21.6. The highest BCUT2D eigenvalue weighted by molar-refractivity contribution is 5.83. The number of nitrogens with one attached hydrogen (secondary N) is 1. The minimum absolute atomic E-state index is 0.00620. The summed E-state index contributed by atoms with van der Waals surface area (Å²) in [7, 11) is 1.66. The molecule has 1 unspecified atom stereocenters. The van der Waals surface area contributed by atoms with Crippen molar-refractivity contribution in [3.63, 3.8) is 0 Å². The van der Waals surface area contributed by atoms with E-state index in [4.69, 9.17) is 4.74 Å². The second-order valence-corrected chi connectivity index (χ2v) is 10.6. The second kappa shape index (κ2) is 12.6. The average Bonchev–Trinajstić information content (AvgIpc) is 3.61. The van der Waals surface area contributed by atoms with Crippen molar-refractivity contribution in [1.29, 1.82) is 0 Å². The normalized spacial score (nSPS) is 19.1. The fourth-order valence-corrected chi connectivity index (χ4v) is 6.11. The Bertz CT molecular complexity index is 937. The molecule has 2 aliphatic carbocycles. The van der Waals surface area contributed by atoms with Gasteiger partial charge >= 0.3 is 0 Å². The van der Waals surface area contributed by atoms with Crippen LogP contribution in [0.15, 0.2) is 54.6 Å². The van der Waals surface area contributed by atoms with Gasteiger partial charge in [-0.25, -0.2) is 0 Å². The lowest BCUT2D eigenvalue weighted by molar-refractivity contribution is -0.133. The molecule has 2 saturated carbocycles. The average molecular weight is 495 g/mol. The van der Waals surface area contributed by atoms with Gasteiger partial charge < -0.3 is 25.2 Å². The highest BCUT2D eigenvalue weighted by atomic mass is 16.5. The lowest BCUT2D eigenvalue weighted by Crippen LogP contribution is -2.54. The second-order valence-electron chi connectivity index (χ2n) is 10.6. The minimum atomic E-state index is -0.746. The van der Waals surface area contributed by atoms with E-state index in [2.05, 4.69) is 22.3 Å². The molecule has 6 heteroatoms. The number of ether oxygens (including phenoxy) is 1. The quantitative estimate of drug-likeness (QED) is 0.405. The number of nitrogens with zero attached hydrogens (tertiary/aromatic N) is 1. The largest absolute Gasteiger partial charge is 0.497 e. The fraction of sp³-hybridized carbons (Fsp3) is 0.567. The van der Waals surface area contributed by atoms with E-state index in [1.54, 1.807) is 7.11 Å². The number of hydrogen-bond donors (Lipinski definition) is 3. The van der Waals surface area contributed by atoms with Crippen molar-refractivity contribution in [3.05, 3.63) is 60.2 Å². The van der Waals surface area contributed by atoms with E-state index < -0.39 is 17.6 Å². The van der Waals surface area contributed by atoms with Crippen molar-refractivity contribution in [2.45, 2.75) is 82.4 Å². The Morgan fingerprint density at radius 3 is 2.33 bits per heavy atom. The van der Waals surface area contributed by atoms with Crippen LogP contribution in [0.2, 0.25) is 0 Å². The number of anilines is 1. The van der Waals surface area contributed by atoms with Crippen LogP contribution in [0.25, 0.3) is 0 Å². The molecule has 2 aromatic rings. The van der Waals surface area contributed by atoms with Crippen LogP contribution in [0.4, 0.5) is 5.69 Å². The van der Waals surface area contributed by atoms with Crippen LogP contribution in [-0.4, -0.2) is 54.6 Å². The monoisotopic (exact) mass is 494 g/mol. The van der Waals surface area contributed by atoms with E-state index in [0.717, 1.165) is 55.5 Å². The first-order valence-electron chi connectivity index (χ1n) is 13.6. The molecular formula is C30H42N2O4. The molecule has 196 valence electrons. The number of methoxy groups -OCH3 is 1. The number of hydrogen-bond acceptors (Lipinski definition) is 5. The maximum atomic E-state index is 13.6. The molecule has 2 aromatic carbocycles. The van der Waals surface area contributed by atoms with Crippen LogP contribution in [0.3, 0.4) is 0 Å². The van der Waals surface area contributed by atoms with Gasteiger partial charge in [0.1, 0.15) is 5.75 Å². The van der Waals surface area contributed by atoms with Crippen molar-refractivity contribution < 1.29 is 19.7 Å². The third kappa shape index (κ3) is 6.40. The van der Waals surface area contributed by atoms with Gasteiger partial charge in [0.15, 0.2) is 0 Å². The van der Waals surface area contributed by atoms with Gasteiger partial charge in [0.25, 0.3) is 0 Å². The molecule has 0 aromatic heterocycles. The molecule has 0 radical (unpaired) electrons. The Kier molecular flexibility index (Phi) is 9.27. The molecule has 2 fully saturated rings. The molecule has 2 atom stereocenters. The summed E-state index contributed by atoms with van der Waals surface area (Å²) in [4.78, 5) is 15.9. The van der Waals surface area contributed by atoms with Crippen LogP contribution in [0, 0.1) is 5.41 Å². The van der Waals surface area contributed by atoms with E-state index in [0.29, 0.717) is 25.4 Å². The summed E-state index contributed by atoms with van der Waals surface area (Å²) in [6.45, 7) is 0.452. The number of carbonyl (C=O) groups excluding carboxylic acids is 1. The number of aliphatic hydroxyl groups is 2. The van der Waals surface area contributed by atoms with Crippen molar-refractivity contribution in [1.82, 2.24) is 5.32 Å². The summed E-state index contributed by atoms with van der Waals surface area (Å²) in [5.41, 5.74) is 1.63. The highest BCUT2D eigenvalue weighted by Gasteiger charge is 2.42. The van der Waals surface area contributed by atoms with Crippen LogP contribution in [0.1, 0.15) is 63.4 Å². The van der Waals surface area contributed by atoms with E-state index >= 15 is 0 Å². The van der Waals surface area contributed by atoms with Crippen LogP contribution >= 0.6 is 0 Å². The number of aliphatic hydroxyl groups excluding tert-OH is 2. The molecule has 3 N–H and O–H groups in total. The van der Waals surface area contributed by atoms with Gasteiger partial charge in [0.2, 0.25) is 5.91 Å². The summed E-state index contributed by atoms with van der Waals surface area (Å²) < 4.78 is 5.35. The zero-order valence-electron chi connectivity index (χ0n) is 21.6. The molecule has 0 saturated heterocycles. The lowest BCUT2D eigenvalue weighted by Gasteiger charge is -2.37. The molecule has 0 bridgehead atoms. The van der Waals surface area contributed by atoms with E-state index in [-0.39, 0.29) is 12.5 Å². The van der Waals surface area contributed by atoms with Crippen molar-refractivity contribution in [2.75, 3.05) is 25.2 Å². The third-order valence-corrected chi connectivity index (χ3v) is 8.27. The highest BCUT2D eigenvalue weighted by Crippen LogP contribution is 2.41. The van der Waals surface area contributed by atoms with Gasteiger partial charge in [-0.1, -0.05) is 56.0 Å². The Morgan fingerprint density at radius 2 is 1.72 bits per heavy atom. The van der Waals surface area contributed by atoms with Crippen LogP contribution < -0.4 is 15.0 Å². The number of amides is 1. The first-order chi connectivity index (χ1) is 17.5. The molecule has 4 rings (SSSR count). The van der Waals surface area contributed by atoms with Gasteiger partial charge in [0.05, 0.1) is 24.7 Å². The molecule has 0 spiro atoms. The molecule has 0 heterocycles. The predicted octanol–water partition coefficient (Wildman–Crippen LogP) is 4.48. The van der Waals surface area contributed by atoms with E-state index in [1.807, 2.05) is 42.5 Å². The topological polar surface area (TPSA) is 82.0 Å². The van der Waals surface area contributed by atoms with E-state index in [9.17, 15) is 15.0 Å². The van der Waals surface area contributed by atoms with Crippen LogP contribution in [-0.2, 0) is 11.2 Å². The van der Waals surface area contributed by atoms with Crippen molar-refractivity contribution >= 4 is 11.6 Å². The molecular weight excluding hydrogens is 452 g/mol. The minimum Gasteiger partial charge on any atom is -0.497 e. The summed E-state index contributed by atoms with van der Waals surface area (Å²) in [6, 6.07) is 18.1. The van der Waals surface area contributed by atoms with Gasteiger partial charge in [-0.3, -0.25) is 4.79 Å². The number of benzene rings is 2. The predicted molar refractivity (Wildman–Crippen MR) is 143 cm³/mol. The maximum Gasteiger partial charge on any atom is 0.226 e. The lowest BCUT2D eigenvalue weighted by atomic mass is 9.81. The van der Waals surface area contributed by atoms with Crippen molar-refractivity contribution in [3.8, 4) is 5.75 Å². The molecule has 36 heavy (non-hydrogen) atoms. The molecule has 0 aliphatic heterocycles. The summed E-state index contributed by atoms with van der Waals surface area (Å²) in [5, 5.41) is 24.6. The van der Waals surface area contributed by atoms with Gasteiger partial charge in [-0.05, 0) is 68.4 Å². The number of carbonyl (C=O) groups is 1. The van der Waals surface area contributed by atoms with Gasteiger partial charge in [-0.2, -0.15) is 0 Å². The van der Waals surface area contributed by atoms with Gasteiger partial charge in [0, 0.05) is 24.9 Å². The Balaban J connectivity index is 1.56. The fourth-order valence-electron chi connectivity index (χ4n) is 6.11. The Hall–Kier alpha value is -2.57. The van der Waals surface area contributed by atoms with Gasteiger partial charge in [-0.15, -0.1) is 0 Å². The number of rotatable bonds is 12. The summed E-state index contributed by atoms with van der Waals surface area (Å²) in [5.74, 6) is 0.788. The SMILES string of the molecule is COc1ccc(N(CC(O)[C@H](Cc2ccccc2)NC(=O)C2(CCO)CCCC2)C2CCCC2)cc1. The Labute approximate surface area is 215 Å². The molecule has 2 aliphatic rings. The molecule has 6 nitrogen and oxygen atoms in total.